The number of hydrogen-bond donors (Lipinski definition) is 2. The van der Waals surface area contributed by atoms with Gasteiger partial charge in [-0.05, 0) is 200 Å². The Hall–Kier alpha value is 1.92. The molecule has 2 aromatic carbocycles. The maximum absolute atomic E-state index is 13.4. The maximum Gasteiger partial charge on any atom is 0.253 e. The summed E-state index contributed by atoms with van der Waals surface area (Å²) in [7, 11) is 1.84. The molecule has 4 nitrogen and oxygen atoms in total. The largest absolute Gasteiger partial charge is 0.350 e. The van der Waals surface area contributed by atoms with Crippen LogP contribution >= 0.6 is 136 Å². The summed E-state index contributed by atoms with van der Waals surface area (Å²) in [6.07, 6.45) is 2.32. The number of amides is 1. The fourth-order valence-electron chi connectivity index (χ4n) is 3.28. The zero-order valence-corrected chi connectivity index (χ0v) is 30.5. The normalized spacial score (nSPS) is 14.0. The van der Waals surface area contributed by atoms with Crippen LogP contribution in [0.5, 0.6) is 0 Å². The summed E-state index contributed by atoms with van der Waals surface area (Å²) in [5.41, 5.74) is 0.862. The molecule has 0 spiro atoms. The maximum atomic E-state index is 13.4. The smallest absolute Gasteiger partial charge is 0.253 e. The van der Waals surface area contributed by atoms with Crippen LogP contribution in [0.4, 0.5) is 0 Å². The number of Topliss-reactive ketones (excluding diaryl/α,β-unsaturated/α-hetero) is 1. The van der Waals surface area contributed by atoms with Crippen LogP contribution in [0.1, 0.15) is 53.8 Å². The summed E-state index contributed by atoms with van der Waals surface area (Å²) in [6, 6.07) is 8.12. The van der Waals surface area contributed by atoms with Gasteiger partial charge in [-0.2, -0.15) is 0 Å². The molecule has 1 amide bonds. The third-order valence-corrected chi connectivity index (χ3v) is 9.86. The van der Waals surface area contributed by atoms with Crippen molar-refractivity contribution in [1.29, 1.82) is 0 Å². The molecular formula is C22H22I6N2O2. The van der Waals surface area contributed by atoms with Crippen molar-refractivity contribution >= 4 is 147 Å². The molecule has 2 N–H and O–H groups in total. The molecule has 0 heterocycles. The number of likely N-dealkylation sites (N-methyl/N-ethyl adjacent to an activating group) is 1. The average Bonchev–Trinajstić information content (AvgIpc) is 2.65. The van der Waals surface area contributed by atoms with Gasteiger partial charge >= 0.3 is 0 Å². The summed E-state index contributed by atoms with van der Waals surface area (Å²) in [5.74, 6) is 0.0723. The SMILES string of the molecule is CNC(C)(CCCC(C)NC(=O)c1c(I)cc(I)cc1I)C(=O)c1c(I)cc(I)cc1I. The molecule has 10 heteroatoms. The highest BCUT2D eigenvalue weighted by atomic mass is 127. The van der Waals surface area contributed by atoms with Crippen LogP contribution < -0.4 is 10.6 Å². The van der Waals surface area contributed by atoms with Gasteiger partial charge in [0.15, 0.2) is 5.78 Å². The molecule has 0 aromatic heterocycles. The lowest BCUT2D eigenvalue weighted by Gasteiger charge is -2.29. The first-order valence-electron chi connectivity index (χ1n) is 9.73. The number of nitrogens with one attached hydrogen (secondary N) is 2. The highest BCUT2D eigenvalue weighted by Gasteiger charge is 2.34. The lowest BCUT2D eigenvalue weighted by molar-refractivity contribution is 0.0855. The van der Waals surface area contributed by atoms with Gasteiger partial charge in [0, 0.05) is 33.0 Å². The van der Waals surface area contributed by atoms with Gasteiger partial charge in [0.2, 0.25) is 0 Å². The summed E-state index contributed by atoms with van der Waals surface area (Å²) in [5, 5.41) is 6.39. The number of benzene rings is 2. The molecule has 0 saturated carbocycles. The summed E-state index contributed by atoms with van der Waals surface area (Å²) >= 11 is 13.5. The molecular weight excluding hydrogens is 1090 g/mol. The molecule has 0 fully saturated rings. The molecule has 32 heavy (non-hydrogen) atoms. The number of carbonyl (C=O) groups is 2. The lowest BCUT2D eigenvalue weighted by Crippen LogP contribution is -2.48. The van der Waals surface area contributed by atoms with Crippen molar-refractivity contribution in [2.24, 2.45) is 0 Å². The summed E-state index contributed by atoms with van der Waals surface area (Å²) in [4.78, 5) is 26.3. The standard InChI is InChI=1S/C22H22I6N2O2/c1-11(30-21(32)19-16(27)9-13(24)10-17(19)28)5-4-6-22(2,29-3)20(31)18-14(25)7-12(23)8-15(18)26/h7-11,29H,4-6H2,1-3H3,(H,30,32). The molecule has 0 saturated heterocycles. The predicted octanol–water partition coefficient (Wildman–Crippen LogP) is 7.46. The first-order valence-corrected chi connectivity index (χ1v) is 16.2. The fourth-order valence-corrected chi connectivity index (χ4v) is 11.4. The third-order valence-electron chi connectivity index (χ3n) is 5.21. The Balaban J connectivity index is 2.03. The van der Waals surface area contributed by atoms with Crippen LogP contribution in [-0.4, -0.2) is 30.3 Å². The van der Waals surface area contributed by atoms with Gasteiger partial charge in [0.1, 0.15) is 0 Å². The van der Waals surface area contributed by atoms with Gasteiger partial charge in [-0.1, -0.05) is 0 Å². The minimum absolute atomic E-state index is 0.0168. The quantitative estimate of drug-likeness (QED) is 0.203. The van der Waals surface area contributed by atoms with Crippen molar-refractivity contribution in [3.05, 3.63) is 56.8 Å². The van der Waals surface area contributed by atoms with E-state index in [9.17, 15) is 9.59 Å². The molecule has 2 aromatic rings. The highest BCUT2D eigenvalue weighted by Crippen LogP contribution is 2.29. The van der Waals surface area contributed by atoms with Crippen molar-refractivity contribution in [1.82, 2.24) is 10.6 Å². The van der Waals surface area contributed by atoms with E-state index >= 15 is 0 Å². The fraction of sp³-hybridized carbons (Fsp3) is 0.364. The number of ketones is 1. The Labute approximate surface area is 271 Å². The van der Waals surface area contributed by atoms with E-state index in [1.54, 1.807) is 0 Å². The van der Waals surface area contributed by atoms with Crippen molar-refractivity contribution in [3.63, 3.8) is 0 Å². The number of rotatable bonds is 9. The topological polar surface area (TPSA) is 58.2 Å². The van der Waals surface area contributed by atoms with E-state index < -0.39 is 5.54 Å². The number of carbonyl (C=O) groups excluding carboxylic acids is 2. The lowest BCUT2D eigenvalue weighted by atomic mass is 9.86. The van der Waals surface area contributed by atoms with Crippen LogP contribution in [0, 0.1) is 21.4 Å². The van der Waals surface area contributed by atoms with Crippen molar-refractivity contribution in [2.45, 2.75) is 44.7 Å². The van der Waals surface area contributed by atoms with Crippen LogP contribution in [0.3, 0.4) is 0 Å². The Morgan fingerprint density at radius 3 is 1.75 bits per heavy atom. The van der Waals surface area contributed by atoms with Crippen LogP contribution in [-0.2, 0) is 0 Å². The molecule has 2 atom stereocenters. The Morgan fingerprint density at radius 2 is 1.31 bits per heavy atom. The third kappa shape index (κ3) is 7.96. The average molecular weight is 1110 g/mol. The van der Waals surface area contributed by atoms with E-state index in [2.05, 4.69) is 146 Å². The summed E-state index contributed by atoms with van der Waals surface area (Å²) < 4.78 is 6.12. The van der Waals surface area contributed by atoms with E-state index in [1.165, 1.54) is 0 Å². The van der Waals surface area contributed by atoms with Gasteiger partial charge in [-0.25, -0.2) is 0 Å². The van der Waals surface area contributed by atoms with Gasteiger partial charge < -0.3 is 10.6 Å². The highest BCUT2D eigenvalue weighted by molar-refractivity contribution is 14.1. The van der Waals surface area contributed by atoms with E-state index in [1.807, 2.05) is 45.2 Å². The van der Waals surface area contributed by atoms with Crippen LogP contribution in [0.15, 0.2) is 24.3 Å². The van der Waals surface area contributed by atoms with Gasteiger partial charge in [0.05, 0.1) is 11.1 Å². The second-order valence-corrected chi connectivity index (χ2v) is 14.8. The Morgan fingerprint density at radius 1 is 0.875 bits per heavy atom. The molecule has 0 aliphatic rings. The molecule has 0 radical (unpaired) electrons. The number of halogens is 6. The van der Waals surface area contributed by atoms with Crippen molar-refractivity contribution in [3.8, 4) is 0 Å². The molecule has 174 valence electrons. The Bertz CT molecular complexity index is 983. The van der Waals surface area contributed by atoms with E-state index in [4.69, 9.17) is 0 Å². The molecule has 2 rings (SSSR count). The van der Waals surface area contributed by atoms with Crippen LogP contribution in [0.25, 0.3) is 0 Å². The minimum Gasteiger partial charge on any atom is -0.350 e. The zero-order valence-electron chi connectivity index (χ0n) is 17.6. The van der Waals surface area contributed by atoms with Gasteiger partial charge in [-0.15, -0.1) is 0 Å². The van der Waals surface area contributed by atoms with Crippen LogP contribution in [0.2, 0.25) is 0 Å². The first kappa shape index (κ1) is 30.1. The van der Waals surface area contributed by atoms with Crippen molar-refractivity contribution < 1.29 is 9.59 Å². The van der Waals surface area contributed by atoms with E-state index in [-0.39, 0.29) is 17.7 Å². The molecule has 0 aliphatic carbocycles. The second kappa shape index (κ2) is 13.5. The minimum atomic E-state index is -0.656. The number of hydrogen-bond acceptors (Lipinski definition) is 3. The molecule has 0 bridgehead atoms. The molecule has 2 unspecified atom stereocenters. The molecule has 0 aliphatic heterocycles. The van der Waals surface area contributed by atoms with E-state index in [0.717, 1.165) is 45.4 Å². The second-order valence-electron chi connectivity index (χ2n) is 7.67. The van der Waals surface area contributed by atoms with Gasteiger partial charge in [0.25, 0.3) is 5.91 Å². The zero-order chi connectivity index (χ0) is 24.2. The first-order chi connectivity index (χ1) is 14.9. The van der Waals surface area contributed by atoms with Gasteiger partial charge in [-0.3, -0.25) is 9.59 Å². The monoisotopic (exact) mass is 1110 g/mol. The van der Waals surface area contributed by atoms with E-state index in [0.29, 0.717) is 6.42 Å². The van der Waals surface area contributed by atoms with Crippen molar-refractivity contribution in [2.75, 3.05) is 7.05 Å². The Kier molecular flexibility index (Phi) is 12.7. The summed E-state index contributed by atoms with van der Waals surface area (Å²) in [6.45, 7) is 3.99. The predicted molar refractivity (Wildman–Crippen MR) is 182 cm³/mol.